The molecule has 0 saturated carbocycles. The van der Waals surface area contributed by atoms with E-state index in [0.29, 0.717) is 37.6 Å². The number of amides is 1. The summed E-state index contributed by atoms with van der Waals surface area (Å²) in [6.07, 6.45) is 0. The Balaban J connectivity index is 1.43. The topological polar surface area (TPSA) is 49.3 Å². The summed E-state index contributed by atoms with van der Waals surface area (Å²) in [6, 6.07) is 21.8. The van der Waals surface area contributed by atoms with Crippen LogP contribution in [0.1, 0.15) is 10.4 Å². The monoisotopic (exact) mass is 490 g/mol. The third kappa shape index (κ3) is 4.08. The Hall–Kier alpha value is -3.32. The first-order valence-corrected chi connectivity index (χ1v) is 11.2. The number of aromatic nitrogens is 2. The average molecular weight is 491 g/mol. The SMILES string of the molecule is O=C(c1cccc(F)c1)N1CCN(c2nc(-c3cccc(Br)c3)nc3ccccc23)CC1. The lowest BCUT2D eigenvalue weighted by molar-refractivity contribution is 0.0746. The Kier molecular flexibility index (Phi) is 5.57. The molecule has 0 N–H and O–H groups in total. The van der Waals surface area contributed by atoms with Gasteiger partial charge < -0.3 is 9.80 Å². The molecule has 0 unspecified atom stereocenters. The van der Waals surface area contributed by atoms with Gasteiger partial charge in [0, 0.05) is 47.2 Å². The highest BCUT2D eigenvalue weighted by atomic mass is 79.9. The molecular weight excluding hydrogens is 471 g/mol. The van der Waals surface area contributed by atoms with Gasteiger partial charge in [0.25, 0.3) is 5.91 Å². The number of halogens is 2. The molecule has 0 bridgehead atoms. The number of carbonyl (C=O) groups excluding carboxylic acids is 1. The second-order valence-corrected chi connectivity index (χ2v) is 8.60. The van der Waals surface area contributed by atoms with Crippen LogP contribution in [0.4, 0.5) is 10.2 Å². The third-order valence-electron chi connectivity index (χ3n) is 5.60. The van der Waals surface area contributed by atoms with Crippen LogP contribution >= 0.6 is 15.9 Å². The Labute approximate surface area is 193 Å². The first-order valence-electron chi connectivity index (χ1n) is 10.4. The fraction of sp³-hybridized carbons (Fsp3) is 0.160. The summed E-state index contributed by atoms with van der Waals surface area (Å²) in [7, 11) is 0. The number of fused-ring (bicyclic) bond motifs is 1. The highest BCUT2D eigenvalue weighted by Crippen LogP contribution is 2.29. The molecule has 0 radical (unpaired) electrons. The lowest BCUT2D eigenvalue weighted by Crippen LogP contribution is -2.49. The number of nitrogens with zero attached hydrogens (tertiary/aromatic N) is 4. The van der Waals surface area contributed by atoms with Crippen LogP contribution < -0.4 is 4.90 Å². The fourth-order valence-corrected chi connectivity index (χ4v) is 4.38. The van der Waals surface area contributed by atoms with Crippen LogP contribution in [0.25, 0.3) is 22.3 Å². The molecule has 5 nitrogen and oxygen atoms in total. The lowest BCUT2D eigenvalue weighted by Gasteiger charge is -2.36. The minimum Gasteiger partial charge on any atom is -0.352 e. The number of carbonyl (C=O) groups is 1. The van der Waals surface area contributed by atoms with Crippen molar-refractivity contribution < 1.29 is 9.18 Å². The van der Waals surface area contributed by atoms with Gasteiger partial charge in [0.15, 0.2) is 5.82 Å². The van der Waals surface area contributed by atoms with Crippen LogP contribution in [0.5, 0.6) is 0 Å². The summed E-state index contributed by atoms with van der Waals surface area (Å²) < 4.78 is 14.5. The van der Waals surface area contributed by atoms with E-state index in [9.17, 15) is 9.18 Å². The zero-order valence-corrected chi connectivity index (χ0v) is 18.8. The molecule has 1 aliphatic heterocycles. The zero-order chi connectivity index (χ0) is 22.1. The van der Waals surface area contributed by atoms with Crippen LogP contribution in [-0.2, 0) is 0 Å². The molecule has 32 heavy (non-hydrogen) atoms. The summed E-state index contributed by atoms with van der Waals surface area (Å²) in [6.45, 7) is 2.36. The van der Waals surface area contributed by atoms with Gasteiger partial charge in [-0.05, 0) is 42.5 Å². The van der Waals surface area contributed by atoms with E-state index in [0.717, 1.165) is 26.8 Å². The van der Waals surface area contributed by atoms with Gasteiger partial charge in [-0.2, -0.15) is 0 Å². The van der Waals surface area contributed by atoms with E-state index < -0.39 is 5.82 Å². The maximum Gasteiger partial charge on any atom is 0.254 e. The number of hydrogen-bond acceptors (Lipinski definition) is 4. The summed E-state index contributed by atoms with van der Waals surface area (Å²) in [4.78, 5) is 26.4. The molecule has 4 aromatic rings. The van der Waals surface area contributed by atoms with Crippen molar-refractivity contribution in [2.45, 2.75) is 0 Å². The smallest absolute Gasteiger partial charge is 0.254 e. The molecule has 1 aliphatic rings. The number of rotatable bonds is 3. The van der Waals surface area contributed by atoms with Crippen LogP contribution in [0.15, 0.2) is 77.3 Å². The van der Waals surface area contributed by atoms with Crippen LogP contribution in [0.2, 0.25) is 0 Å². The number of piperazine rings is 1. The first-order chi connectivity index (χ1) is 15.6. The second-order valence-electron chi connectivity index (χ2n) is 7.69. The molecule has 3 aromatic carbocycles. The van der Waals surface area contributed by atoms with E-state index in [1.807, 2.05) is 48.5 Å². The number of hydrogen-bond donors (Lipinski definition) is 0. The van der Waals surface area contributed by atoms with Crippen molar-refractivity contribution in [2.75, 3.05) is 31.1 Å². The molecule has 7 heteroatoms. The lowest BCUT2D eigenvalue weighted by atomic mass is 10.1. The van der Waals surface area contributed by atoms with Crippen LogP contribution in [0, 0.1) is 5.82 Å². The molecular formula is C25H20BrFN4O. The van der Waals surface area contributed by atoms with Gasteiger partial charge in [-0.15, -0.1) is 0 Å². The summed E-state index contributed by atoms with van der Waals surface area (Å²) in [5.41, 5.74) is 2.19. The van der Waals surface area contributed by atoms with E-state index in [2.05, 4.69) is 20.8 Å². The largest absolute Gasteiger partial charge is 0.352 e. The van der Waals surface area contributed by atoms with Crippen molar-refractivity contribution in [3.63, 3.8) is 0 Å². The summed E-state index contributed by atoms with van der Waals surface area (Å²) in [5.74, 6) is 0.982. The van der Waals surface area contributed by atoms with Crippen molar-refractivity contribution in [1.82, 2.24) is 14.9 Å². The number of benzene rings is 3. The van der Waals surface area contributed by atoms with Gasteiger partial charge in [0.2, 0.25) is 0 Å². The van der Waals surface area contributed by atoms with Crippen LogP contribution in [0.3, 0.4) is 0 Å². The predicted octanol–water partition coefficient (Wildman–Crippen LogP) is 5.16. The Morgan fingerprint density at radius 3 is 2.44 bits per heavy atom. The van der Waals surface area contributed by atoms with E-state index in [-0.39, 0.29) is 5.91 Å². The van der Waals surface area contributed by atoms with Gasteiger partial charge in [0.05, 0.1) is 5.52 Å². The molecule has 0 aliphatic carbocycles. The molecule has 1 fully saturated rings. The Bertz CT molecular complexity index is 1300. The summed E-state index contributed by atoms with van der Waals surface area (Å²) in [5, 5.41) is 0.983. The van der Waals surface area contributed by atoms with Gasteiger partial charge >= 0.3 is 0 Å². The van der Waals surface area contributed by atoms with Crippen molar-refractivity contribution in [2.24, 2.45) is 0 Å². The second kappa shape index (κ2) is 8.67. The van der Waals surface area contributed by atoms with Crippen molar-refractivity contribution in [3.05, 3.63) is 88.6 Å². The maximum atomic E-state index is 13.5. The molecule has 2 heterocycles. The minimum absolute atomic E-state index is 0.147. The highest BCUT2D eigenvalue weighted by molar-refractivity contribution is 9.10. The quantitative estimate of drug-likeness (QED) is 0.397. The van der Waals surface area contributed by atoms with Crippen molar-refractivity contribution in [1.29, 1.82) is 0 Å². The van der Waals surface area contributed by atoms with Crippen LogP contribution in [-0.4, -0.2) is 47.0 Å². The van der Waals surface area contributed by atoms with E-state index in [1.54, 1.807) is 17.0 Å². The molecule has 160 valence electrons. The normalized spacial score (nSPS) is 14.1. The molecule has 0 spiro atoms. The predicted molar refractivity (Wildman–Crippen MR) is 127 cm³/mol. The van der Waals surface area contributed by atoms with E-state index >= 15 is 0 Å². The third-order valence-corrected chi connectivity index (χ3v) is 6.10. The van der Waals surface area contributed by atoms with Gasteiger partial charge in [-0.1, -0.05) is 46.3 Å². The number of para-hydroxylation sites is 1. The average Bonchev–Trinajstić information content (AvgIpc) is 2.83. The van der Waals surface area contributed by atoms with E-state index in [1.165, 1.54) is 12.1 Å². The van der Waals surface area contributed by atoms with Gasteiger partial charge in [-0.25, -0.2) is 14.4 Å². The van der Waals surface area contributed by atoms with Crippen molar-refractivity contribution in [3.8, 4) is 11.4 Å². The van der Waals surface area contributed by atoms with Crippen molar-refractivity contribution >= 4 is 38.6 Å². The fourth-order valence-electron chi connectivity index (χ4n) is 3.98. The minimum atomic E-state index is -0.401. The molecule has 1 saturated heterocycles. The van der Waals surface area contributed by atoms with Gasteiger partial charge in [-0.3, -0.25) is 4.79 Å². The number of anilines is 1. The zero-order valence-electron chi connectivity index (χ0n) is 17.2. The molecule has 0 atom stereocenters. The standard InChI is InChI=1S/C25H20BrFN4O/c26-19-7-3-5-17(15-19)23-28-22-10-2-1-9-21(22)24(29-23)30-11-13-31(14-12-30)25(32)18-6-4-8-20(27)16-18/h1-10,15-16H,11-14H2. The molecule has 1 aromatic heterocycles. The Morgan fingerprint density at radius 1 is 0.875 bits per heavy atom. The molecule has 5 rings (SSSR count). The highest BCUT2D eigenvalue weighted by Gasteiger charge is 2.25. The van der Waals surface area contributed by atoms with E-state index in [4.69, 9.17) is 9.97 Å². The van der Waals surface area contributed by atoms with Gasteiger partial charge in [0.1, 0.15) is 11.6 Å². The molecule has 1 amide bonds. The maximum absolute atomic E-state index is 13.5. The Morgan fingerprint density at radius 2 is 1.66 bits per heavy atom. The first kappa shape index (κ1) is 20.6. The summed E-state index contributed by atoms with van der Waals surface area (Å²) >= 11 is 3.52.